The summed E-state index contributed by atoms with van der Waals surface area (Å²) in [5.41, 5.74) is 0.448. The van der Waals surface area contributed by atoms with Gasteiger partial charge >= 0.3 is 6.09 Å². The van der Waals surface area contributed by atoms with Crippen molar-refractivity contribution in [1.82, 2.24) is 20.3 Å². The second-order valence-electron chi connectivity index (χ2n) is 8.37. The van der Waals surface area contributed by atoms with Crippen LogP contribution in [0.3, 0.4) is 0 Å². The minimum Gasteiger partial charge on any atom is -0.444 e. The molecule has 142 valence electrons. The van der Waals surface area contributed by atoms with Crippen LogP contribution in [0.5, 0.6) is 0 Å². The van der Waals surface area contributed by atoms with Crippen molar-refractivity contribution in [2.45, 2.75) is 71.9 Å². The second-order valence-corrected chi connectivity index (χ2v) is 9.51. The normalized spacial score (nSPS) is 13.3. The molecule has 1 unspecified atom stereocenters. The first-order valence-electron chi connectivity index (χ1n) is 8.69. The standard InChI is InChI=1S/C19H28N4O2S/c1-12(23-17(24)25-19(5,6)7)14-11-20-15(26-14)8-13-9-21-16(22-10-13)18(2,3)4/h9-12H,8H2,1-7H3,(H,23,24). The molecule has 2 aromatic heterocycles. The van der Waals surface area contributed by atoms with Gasteiger partial charge in [-0.2, -0.15) is 0 Å². The summed E-state index contributed by atoms with van der Waals surface area (Å²) in [6, 6.07) is -0.157. The molecule has 2 heterocycles. The number of carbonyl (C=O) groups excluding carboxylic acids is 1. The van der Waals surface area contributed by atoms with E-state index < -0.39 is 11.7 Å². The first-order chi connectivity index (χ1) is 11.9. The fourth-order valence-electron chi connectivity index (χ4n) is 2.17. The van der Waals surface area contributed by atoms with Crippen LogP contribution in [-0.2, 0) is 16.6 Å². The van der Waals surface area contributed by atoms with E-state index in [0.717, 1.165) is 21.3 Å². The van der Waals surface area contributed by atoms with Crippen molar-refractivity contribution in [3.8, 4) is 0 Å². The smallest absolute Gasteiger partial charge is 0.408 e. The summed E-state index contributed by atoms with van der Waals surface area (Å²) >= 11 is 1.57. The van der Waals surface area contributed by atoms with Gasteiger partial charge in [-0.15, -0.1) is 11.3 Å². The van der Waals surface area contributed by atoms with Crippen LogP contribution < -0.4 is 5.32 Å². The fourth-order valence-corrected chi connectivity index (χ4v) is 3.13. The van der Waals surface area contributed by atoms with Gasteiger partial charge in [-0.1, -0.05) is 20.8 Å². The molecule has 6 nitrogen and oxygen atoms in total. The van der Waals surface area contributed by atoms with Crippen LogP contribution in [0.4, 0.5) is 4.79 Å². The van der Waals surface area contributed by atoms with Gasteiger partial charge in [-0.05, 0) is 33.3 Å². The van der Waals surface area contributed by atoms with Gasteiger partial charge in [-0.25, -0.2) is 19.7 Å². The average molecular weight is 377 g/mol. The van der Waals surface area contributed by atoms with Crippen LogP contribution in [0, 0.1) is 0 Å². The van der Waals surface area contributed by atoms with E-state index in [1.165, 1.54) is 0 Å². The number of rotatable bonds is 4. The lowest BCUT2D eigenvalue weighted by atomic mass is 9.96. The quantitative estimate of drug-likeness (QED) is 0.855. The number of thiazole rings is 1. The molecule has 1 N–H and O–H groups in total. The van der Waals surface area contributed by atoms with Crippen LogP contribution >= 0.6 is 11.3 Å². The molecule has 0 saturated heterocycles. The third-order valence-corrected chi connectivity index (χ3v) is 4.64. The monoisotopic (exact) mass is 376 g/mol. The lowest BCUT2D eigenvalue weighted by Gasteiger charge is -2.21. The summed E-state index contributed by atoms with van der Waals surface area (Å²) in [5, 5.41) is 3.80. The van der Waals surface area contributed by atoms with Crippen molar-refractivity contribution in [3.63, 3.8) is 0 Å². The summed E-state index contributed by atoms with van der Waals surface area (Å²) in [6.45, 7) is 13.7. The summed E-state index contributed by atoms with van der Waals surface area (Å²) in [6.07, 6.45) is 5.76. The highest BCUT2D eigenvalue weighted by atomic mass is 32.1. The van der Waals surface area contributed by atoms with Crippen LogP contribution in [0.2, 0.25) is 0 Å². The summed E-state index contributed by atoms with van der Waals surface area (Å²) < 4.78 is 5.29. The Labute approximate surface area is 159 Å². The molecule has 0 spiro atoms. The maximum Gasteiger partial charge on any atom is 0.408 e. The highest BCUT2D eigenvalue weighted by Gasteiger charge is 2.20. The predicted octanol–water partition coefficient (Wildman–Crippen LogP) is 4.41. The van der Waals surface area contributed by atoms with Gasteiger partial charge in [0.15, 0.2) is 0 Å². The third kappa shape index (κ3) is 6.05. The Morgan fingerprint density at radius 2 is 1.73 bits per heavy atom. The molecule has 2 aromatic rings. The number of aromatic nitrogens is 3. The van der Waals surface area contributed by atoms with Crippen molar-refractivity contribution < 1.29 is 9.53 Å². The molecule has 0 aliphatic heterocycles. The molecule has 0 aliphatic rings. The van der Waals surface area contributed by atoms with Crippen molar-refractivity contribution in [3.05, 3.63) is 39.9 Å². The summed E-state index contributed by atoms with van der Waals surface area (Å²) in [7, 11) is 0. The van der Waals surface area contributed by atoms with Crippen LogP contribution in [0.15, 0.2) is 18.6 Å². The number of amides is 1. The number of carbonyl (C=O) groups is 1. The molecule has 1 amide bonds. The van der Waals surface area contributed by atoms with Crippen LogP contribution in [0.25, 0.3) is 0 Å². The minimum atomic E-state index is -0.512. The zero-order valence-electron chi connectivity index (χ0n) is 16.6. The zero-order valence-corrected chi connectivity index (χ0v) is 17.4. The molecule has 0 saturated carbocycles. The van der Waals surface area contributed by atoms with Crippen molar-refractivity contribution in [2.75, 3.05) is 0 Å². The number of hydrogen-bond donors (Lipinski definition) is 1. The predicted molar refractivity (Wildman–Crippen MR) is 103 cm³/mol. The van der Waals surface area contributed by atoms with Gasteiger partial charge in [0.1, 0.15) is 11.4 Å². The second kappa shape index (κ2) is 7.70. The SMILES string of the molecule is CC(NC(=O)OC(C)(C)C)c1cnc(Cc2cnc(C(C)(C)C)nc2)s1. The van der Waals surface area contributed by atoms with Crippen LogP contribution in [0.1, 0.15) is 75.8 Å². The first-order valence-corrected chi connectivity index (χ1v) is 9.51. The molecule has 26 heavy (non-hydrogen) atoms. The number of hydrogen-bond acceptors (Lipinski definition) is 6. The molecule has 0 aromatic carbocycles. The van der Waals surface area contributed by atoms with E-state index in [-0.39, 0.29) is 11.5 Å². The van der Waals surface area contributed by atoms with E-state index >= 15 is 0 Å². The third-order valence-electron chi connectivity index (χ3n) is 3.46. The van der Waals surface area contributed by atoms with E-state index in [0.29, 0.717) is 6.42 Å². The molecular formula is C19H28N4O2S. The van der Waals surface area contributed by atoms with Gasteiger partial charge < -0.3 is 10.1 Å². The fraction of sp³-hybridized carbons (Fsp3) is 0.579. The van der Waals surface area contributed by atoms with E-state index in [9.17, 15) is 4.79 Å². The first kappa shape index (κ1) is 20.3. The Kier molecular flexibility index (Phi) is 6.01. The van der Waals surface area contributed by atoms with Gasteiger partial charge in [-0.3, -0.25) is 0 Å². The Balaban J connectivity index is 1.98. The van der Waals surface area contributed by atoms with Gasteiger partial charge in [0, 0.05) is 35.3 Å². The van der Waals surface area contributed by atoms with Gasteiger partial charge in [0.25, 0.3) is 0 Å². The van der Waals surface area contributed by atoms with Crippen molar-refractivity contribution in [1.29, 1.82) is 0 Å². The highest BCUT2D eigenvalue weighted by Crippen LogP contribution is 2.23. The maximum absolute atomic E-state index is 11.9. The molecule has 0 radical (unpaired) electrons. The molecule has 0 bridgehead atoms. The van der Waals surface area contributed by atoms with Crippen molar-refractivity contribution in [2.24, 2.45) is 0 Å². The Morgan fingerprint density at radius 3 is 2.27 bits per heavy atom. The van der Waals surface area contributed by atoms with Crippen LogP contribution in [-0.4, -0.2) is 26.6 Å². The number of alkyl carbamates (subject to hydrolysis) is 1. The zero-order chi connectivity index (χ0) is 19.5. The maximum atomic E-state index is 11.9. The Hall–Kier alpha value is -2.02. The highest BCUT2D eigenvalue weighted by molar-refractivity contribution is 7.11. The molecule has 1 atom stereocenters. The molecule has 7 heteroatoms. The van der Waals surface area contributed by atoms with Gasteiger partial charge in [0.2, 0.25) is 0 Å². The Morgan fingerprint density at radius 1 is 1.12 bits per heavy atom. The number of ether oxygens (including phenoxy) is 1. The topological polar surface area (TPSA) is 77.0 Å². The minimum absolute atomic E-state index is 0.0599. The summed E-state index contributed by atoms with van der Waals surface area (Å²) in [4.78, 5) is 26.2. The van der Waals surface area contributed by atoms with E-state index in [2.05, 4.69) is 41.0 Å². The molecular weight excluding hydrogens is 348 g/mol. The lowest BCUT2D eigenvalue weighted by Crippen LogP contribution is -2.33. The largest absolute Gasteiger partial charge is 0.444 e. The number of nitrogens with one attached hydrogen (secondary N) is 1. The summed E-state index contributed by atoms with van der Waals surface area (Å²) in [5.74, 6) is 0.830. The van der Waals surface area contributed by atoms with Gasteiger partial charge in [0.05, 0.1) is 11.0 Å². The van der Waals surface area contributed by atoms with Crippen molar-refractivity contribution >= 4 is 17.4 Å². The van der Waals surface area contributed by atoms with E-state index in [1.54, 1.807) is 17.5 Å². The molecule has 2 rings (SSSR count). The average Bonchev–Trinajstić information content (AvgIpc) is 2.93. The number of nitrogens with zero attached hydrogens (tertiary/aromatic N) is 3. The van der Waals surface area contributed by atoms with E-state index in [1.807, 2.05) is 40.1 Å². The molecule has 0 fully saturated rings. The lowest BCUT2D eigenvalue weighted by molar-refractivity contribution is 0.0508. The molecule has 0 aliphatic carbocycles. The van der Waals surface area contributed by atoms with E-state index in [4.69, 9.17) is 4.74 Å². The Bertz CT molecular complexity index is 742.